The van der Waals surface area contributed by atoms with Crippen molar-refractivity contribution in [3.8, 4) is 5.75 Å². The highest BCUT2D eigenvalue weighted by Crippen LogP contribution is 2.26. The van der Waals surface area contributed by atoms with Gasteiger partial charge in [0.1, 0.15) is 5.75 Å². The number of carbonyl (C=O) groups is 1. The van der Waals surface area contributed by atoms with Crippen LogP contribution in [0.5, 0.6) is 5.75 Å². The molecule has 1 amide bonds. The molecule has 114 valence electrons. The predicted molar refractivity (Wildman–Crippen MR) is 83.1 cm³/mol. The van der Waals surface area contributed by atoms with Gasteiger partial charge < -0.3 is 14.6 Å². The van der Waals surface area contributed by atoms with Crippen molar-refractivity contribution in [1.29, 1.82) is 0 Å². The number of hydrogen-bond acceptors (Lipinski definition) is 3. The SMILES string of the molecule is Cn1cc(C(=O)NC[C@H]2COc3ccccc3C2)ccc1=O. The van der Waals surface area contributed by atoms with E-state index in [0.29, 0.717) is 18.7 Å². The van der Waals surface area contributed by atoms with E-state index in [2.05, 4.69) is 11.4 Å². The maximum absolute atomic E-state index is 12.1. The van der Waals surface area contributed by atoms with Gasteiger partial charge in [-0.15, -0.1) is 0 Å². The minimum Gasteiger partial charge on any atom is -0.493 e. The van der Waals surface area contributed by atoms with Gasteiger partial charge in [0.25, 0.3) is 5.91 Å². The zero-order valence-electron chi connectivity index (χ0n) is 12.4. The van der Waals surface area contributed by atoms with Crippen molar-refractivity contribution in [2.45, 2.75) is 6.42 Å². The molecule has 0 aliphatic carbocycles. The Balaban J connectivity index is 1.60. The Morgan fingerprint density at radius 2 is 2.14 bits per heavy atom. The van der Waals surface area contributed by atoms with E-state index in [0.717, 1.165) is 12.2 Å². The monoisotopic (exact) mass is 298 g/mol. The third-order valence-electron chi connectivity index (χ3n) is 3.86. The predicted octanol–water partition coefficient (Wildman–Crippen LogP) is 1.37. The van der Waals surface area contributed by atoms with Crippen LogP contribution >= 0.6 is 0 Å². The highest BCUT2D eigenvalue weighted by Gasteiger charge is 2.20. The van der Waals surface area contributed by atoms with Gasteiger partial charge in [0.05, 0.1) is 12.2 Å². The Kier molecular flexibility index (Phi) is 3.96. The summed E-state index contributed by atoms with van der Waals surface area (Å²) in [5.41, 5.74) is 1.53. The number of fused-ring (bicyclic) bond motifs is 1. The summed E-state index contributed by atoms with van der Waals surface area (Å²) in [4.78, 5) is 23.5. The van der Waals surface area contributed by atoms with Crippen LogP contribution < -0.4 is 15.6 Å². The molecule has 5 nitrogen and oxygen atoms in total. The van der Waals surface area contributed by atoms with Gasteiger partial charge in [-0.2, -0.15) is 0 Å². The molecule has 0 saturated heterocycles. The fraction of sp³-hybridized carbons (Fsp3) is 0.294. The molecule has 0 fully saturated rings. The summed E-state index contributed by atoms with van der Waals surface area (Å²) in [6, 6.07) is 10.9. The standard InChI is InChI=1S/C17H18N2O3/c1-19-10-14(6-7-16(19)20)17(21)18-9-12-8-13-4-2-3-5-15(13)22-11-12/h2-7,10,12H,8-9,11H2,1H3,(H,18,21)/t12-/m0/s1. The highest BCUT2D eigenvalue weighted by atomic mass is 16.5. The van der Waals surface area contributed by atoms with Gasteiger partial charge in [-0.1, -0.05) is 18.2 Å². The average molecular weight is 298 g/mol. The first-order chi connectivity index (χ1) is 10.6. The van der Waals surface area contributed by atoms with E-state index in [4.69, 9.17) is 4.74 Å². The molecule has 1 aliphatic heterocycles. The minimum atomic E-state index is -0.172. The summed E-state index contributed by atoms with van der Waals surface area (Å²) in [5, 5.41) is 2.91. The lowest BCUT2D eigenvalue weighted by Gasteiger charge is -2.25. The number of ether oxygens (including phenoxy) is 1. The van der Waals surface area contributed by atoms with E-state index in [1.807, 2.05) is 18.2 Å². The van der Waals surface area contributed by atoms with Crippen LogP contribution in [0.3, 0.4) is 0 Å². The summed E-state index contributed by atoms with van der Waals surface area (Å²) in [6.07, 6.45) is 2.44. The van der Waals surface area contributed by atoms with Crippen molar-refractivity contribution in [1.82, 2.24) is 9.88 Å². The Morgan fingerprint density at radius 3 is 2.95 bits per heavy atom. The maximum Gasteiger partial charge on any atom is 0.252 e. The van der Waals surface area contributed by atoms with Crippen molar-refractivity contribution in [2.24, 2.45) is 13.0 Å². The third kappa shape index (κ3) is 3.03. The summed E-state index contributed by atoms with van der Waals surface area (Å²) in [6.45, 7) is 1.15. The minimum absolute atomic E-state index is 0.131. The van der Waals surface area contributed by atoms with Crippen LogP contribution in [0.1, 0.15) is 15.9 Å². The van der Waals surface area contributed by atoms with E-state index in [1.165, 1.54) is 16.2 Å². The smallest absolute Gasteiger partial charge is 0.252 e. The van der Waals surface area contributed by atoms with Gasteiger partial charge in [0, 0.05) is 31.8 Å². The number of hydrogen-bond donors (Lipinski definition) is 1. The van der Waals surface area contributed by atoms with Gasteiger partial charge in [-0.3, -0.25) is 9.59 Å². The van der Waals surface area contributed by atoms with Crippen molar-refractivity contribution in [3.63, 3.8) is 0 Å². The number of aryl methyl sites for hydroxylation is 1. The van der Waals surface area contributed by atoms with Crippen LogP contribution in [0.25, 0.3) is 0 Å². The van der Waals surface area contributed by atoms with Gasteiger partial charge in [-0.25, -0.2) is 0 Å². The molecule has 0 spiro atoms. The van der Waals surface area contributed by atoms with Gasteiger partial charge in [0.2, 0.25) is 5.56 Å². The molecule has 3 rings (SSSR count). The molecular formula is C17H18N2O3. The number of nitrogens with zero attached hydrogens (tertiary/aromatic N) is 1. The third-order valence-corrected chi connectivity index (χ3v) is 3.86. The van der Waals surface area contributed by atoms with Crippen LogP contribution in [0.15, 0.2) is 47.4 Å². The Labute approximate surface area is 128 Å². The molecule has 2 heterocycles. The number of benzene rings is 1. The second kappa shape index (κ2) is 6.05. The van der Waals surface area contributed by atoms with Gasteiger partial charge >= 0.3 is 0 Å². The molecule has 0 radical (unpaired) electrons. The quantitative estimate of drug-likeness (QED) is 0.931. The van der Waals surface area contributed by atoms with Crippen molar-refractivity contribution in [2.75, 3.05) is 13.2 Å². The Morgan fingerprint density at radius 1 is 1.32 bits per heavy atom. The molecule has 22 heavy (non-hydrogen) atoms. The molecule has 1 aliphatic rings. The van der Waals surface area contributed by atoms with Gasteiger partial charge in [-0.05, 0) is 24.1 Å². The highest BCUT2D eigenvalue weighted by molar-refractivity contribution is 5.93. The Bertz CT molecular complexity index is 752. The first-order valence-corrected chi connectivity index (χ1v) is 7.29. The molecule has 5 heteroatoms. The maximum atomic E-state index is 12.1. The average Bonchev–Trinajstić information content (AvgIpc) is 2.55. The fourth-order valence-electron chi connectivity index (χ4n) is 2.59. The Hall–Kier alpha value is -2.56. The second-order valence-corrected chi connectivity index (χ2v) is 5.57. The number of aromatic nitrogens is 1. The second-order valence-electron chi connectivity index (χ2n) is 5.57. The number of carbonyl (C=O) groups excluding carboxylic acids is 1. The van der Waals surface area contributed by atoms with Crippen molar-refractivity contribution < 1.29 is 9.53 Å². The van der Waals surface area contributed by atoms with Gasteiger partial charge in [0.15, 0.2) is 0 Å². The molecule has 1 atom stereocenters. The summed E-state index contributed by atoms with van der Waals surface area (Å²) in [7, 11) is 1.63. The van der Waals surface area contributed by atoms with Crippen molar-refractivity contribution in [3.05, 3.63) is 64.1 Å². The summed E-state index contributed by atoms with van der Waals surface area (Å²) in [5.74, 6) is 1.02. The molecule has 1 N–H and O–H groups in total. The lowest BCUT2D eigenvalue weighted by atomic mass is 9.97. The summed E-state index contributed by atoms with van der Waals surface area (Å²) < 4.78 is 7.11. The van der Waals surface area contributed by atoms with Crippen LogP contribution in [-0.2, 0) is 13.5 Å². The van der Waals surface area contributed by atoms with E-state index < -0.39 is 0 Å². The largest absolute Gasteiger partial charge is 0.493 e. The first-order valence-electron chi connectivity index (χ1n) is 7.29. The molecular weight excluding hydrogens is 280 g/mol. The van der Waals surface area contributed by atoms with Crippen LogP contribution in [0.2, 0.25) is 0 Å². The van der Waals surface area contributed by atoms with Crippen LogP contribution in [0, 0.1) is 5.92 Å². The zero-order valence-corrected chi connectivity index (χ0v) is 12.4. The molecule has 0 bridgehead atoms. The van der Waals surface area contributed by atoms with E-state index in [-0.39, 0.29) is 17.4 Å². The van der Waals surface area contributed by atoms with Crippen LogP contribution in [0.4, 0.5) is 0 Å². The lowest BCUT2D eigenvalue weighted by Crippen LogP contribution is -2.35. The molecule has 0 unspecified atom stereocenters. The molecule has 1 aromatic heterocycles. The topological polar surface area (TPSA) is 60.3 Å². The number of pyridine rings is 1. The van der Waals surface area contributed by atoms with E-state index in [1.54, 1.807) is 19.3 Å². The lowest BCUT2D eigenvalue weighted by molar-refractivity contribution is 0.0938. The molecule has 2 aromatic rings. The number of rotatable bonds is 3. The fourth-order valence-corrected chi connectivity index (χ4v) is 2.59. The number of para-hydroxylation sites is 1. The number of nitrogens with one attached hydrogen (secondary N) is 1. The number of amides is 1. The zero-order chi connectivity index (χ0) is 15.5. The molecule has 1 aromatic carbocycles. The van der Waals surface area contributed by atoms with E-state index in [9.17, 15) is 9.59 Å². The summed E-state index contributed by atoms with van der Waals surface area (Å²) >= 11 is 0. The van der Waals surface area contributed by atoms with E-state index >= 15 is 0 Å². The normalized spacial score (nSPS) is 16.5. The first kappa shape index (κ1) is 14.4. The molecule has 0 saturated carbocycles. The van der Waals surface area contributed by atoms with Crippen molar-refractivity contribution >= 4 is 5.91 Å². The van der Waals surface area contributed by atoms with Crippen LogP contribution in [-0.4, -0.2) is 23.6 Å².